The first kappa shape index (κ1) is 29.1. The van der Waals surface area contributed by atoms with Crippen LogP contribution in [0.15, 0.2) is 54.7 Å². The lowest BCUT2D eigenvalue weighted by atomic mass is 9.95. The number of aliphatic carboxylic acids is 1. The molecule has 204 valence electrons. The monoisotopic (exact) mass is 580 g/mol. The maximum Gasteiger partial charge on any atom is 0.352 e. The number of nitrogens with one attached hydrogen (secondary N) is 2. The van der Waals surface area contributed by atoms with E-state index in [0.29, 0.717) is 12.3 Å². The molecular weight excluding hydrogens is 562 g/mol. The number of ether oxygens (including phenoxy) is 1. The van der Waals surface area contributed by atoms with Crippen LogP contribution in [0.25, 0.3) is 11.0 Å². The summed E-state index contributed by atoms with van der Waals surface area (Å²) in [6, 6.07) is 10.4. The molecule has 0 aliphatic rings. The molecule has 0 amide bonds. The number of aromatic amines is 1. The first-order valence-corrected chi connectivity index (χ1v) is 12.6. The van der Waals surface area contributed by atoms with Gasteiger partial charge in [0.05, 0.1) is 22.8 Å². The van der Waals surface area contributed by atoms with Gasteiger partial charge in [-0.15, -0.1) is 12.4 Å². The molecule has 0 radical (unpaired) electrons. The number of hydrogen-bond acceptors (Lipinski definition) is 8. The molecule has 0 saturated carbocycles. The normalized spacial score (nSPS) is 12.7. The molecule has 0 fully saturated rings. The van der Waals surface area contributed by atoms with Gasteiger partial charge in [-0.3, -0.25) is 14.6 Å². The number of esters is 1. The Balaban J connectivity index is 0.00000420. The lowest BCUT2D eigenvalue weighted by molar-refractivity contribution is -0.158. The van der Waals surface area contributed by atoms with Gasteiger partial charge < -0.3 is 9.84 Å². The third-order valence-electron chi connectivity index (χ3n) is 5.52. The number of fused-ring (bicyclic) bond motifs is 1. The summed E-state index contributed by atoms with van der Waals surface area (Å²) < 4.78 is 59.1. The number of carbonyl (C=O) groups excluding carboxylic acids is 2. The summed E-state index contributed by atoms with van der Waals surface area (Å²) in [6.07, 6.45) is 1.78. The minimum Gasteiger partial charge on any atom is -0.478 e. The van der Waals surface area contributed by atoms with Gasteiger partial charge in [-0.1, -0.05) is 18.2 Å². The number of pyridine rings is 1. The van der Waals surface area contributed by atoms with E-state index < -0.39 is 61.9 Å². The van der Waals surface area contributed by atoms with E-state index >= 15 is 4.39 Å². The summed E-state index contributed by atoms with van der Waals surface area (Å²) in [5.74, 6) is -6.29. The van der Waals surface area contributed by atoms with Crippen molar-refractivity contribution in [2.24, 2.45) is 0 Å². The minimum atomic E-state index is -4.08. The van der Waals surface area contributed by atoms with E-state index in [4.69, 9.17) is 4.74 Å². The van der Waals surface area contributed by atoms with E-state index in [-0.39, 0.29) is 34.6 Å². The summed E-state index contributed by atoms with van der Waals surface area (Å²) in [6.45, 7) is 1.11. The second-order valence-corrected chi connectivity index (χ2v) is 10.0. The van der Waals surface area contributed by atoms with Gasteiger partial charge in [-0.2, -0.15) is 5.10 Å². The third-order valence-corrected chi connectivity index (χ3v) is 6.09. The van der Waals surface area contributed by atoms with Gasteiger partial charge in [-0.05, 0) is 37.3 Å². The van der Waals surface area contributed by atoms with Crippen molar-refractivity contribution in [2.75, 3.05) is 11.0 Å². The number of carbonyl (C=O) groups is 3. The molecule has 0 bridgehead atoms. The molecule has 11 nitrogen and oxygen atoms in total. The van der Waals surface area contributed by atoms with Crippen molar-refractivity contribution >= 4 is 56.9 Å². The fourth-order valence-corrected chi connectivity index (χ4v) is 4.07. The highest BCUT2D eigenvalue weighted by atomic mass is 35.5. The van der Waals surface area contributed by atoms with Gasteiger partial charge in [0, 0.05) is 11.8 Å². The molecule has 4 aromatic rings. The Kier molecular flexibility index (Phi) is 8.03. The maximum atomic E-state index is 15.0. The predicted octanol–water partition coefficient (Wildman–Crippen LogP) is 3.42. The molecular formula is C24H19ClF2N4O7S. The van der Waals surface area contributed by atoms with Crippen molar-refractivity contribution in [3.63, 3.8) is 0 Å². The Morgan fingerprint density at radius 2 is 1.77 bits per heavy atom. The number of carboxylic acid groups (broad SMARTS) is 1. The van der Waals surface area contributed by atoms with Gasteiger partial charge in [0.25, 0.3) is 0 Å². The molecule has 39 heavy (non-hydrogen) atoms. The molecule has 0 saturated heterocycles. The molecule has 0 aliphatic heterocycles. The number of carboxylic acids is 1. The Hall–Kier alpha value is -4.43. The number of anilines is 1. The molecule has 1 atom stereocenters. The third kappa shape index (κ3) is 5.71. The number of hydrogen-bond donors (Lipinski definition) is 3. The number of halogens is 3. The van der Waals surface area contributed by atoms with Crippen LogP contribution in [0.1, 0.15) is 38.9 Å². The van der Waals surface area contributed by atoms with E-state index in [1.54, 1.807) is 22.9 Å². The quantitative estimate of drug-likeness (QED) is 0.209. The smallest absolute Gasteiger partial charge is 0.352 e. The average molecular weight is 581 g/mol. The van der Waals surface area contributed by atoms with Gasteiger partial charge in [-0.25, -0.2) is 31.8 Å². The van der Waals surface area contributed by atoms with E-state index in [1.165, 1.54) is 18.2 Å². The Labute approximate surface area is 225 Å². The second kappa shape index (κ2) is 10.7. The van der Waals surface area contributed by atoms with Gasteiger partial charge in [0.2, 0.25) is 21.4 Å². The Morgan fingerprint density at radius 1 is 1.10 bits per heavy atom. The van der Waals surface area contributed by atoms with Crippen molar-refractivity contribution in [2.45, 2.75) is 12.5 Å². The van der Waals surface area contributed by atoms with Crippen LogP contribution in [0, 0.1) is 11.6 Å². The molecule has 2 aromatic carbocycles. The van der Waals surface area contributed by atoms with Crippen LogP contribution in [0.4, 0.5) is 14.5 Å². The van der Waals surface area contributed by atoms with Crippen LogP contribution in [0.3, 0.4) is 0 Å². The van der Waals surface area contributed by atoms with Gasteiger partial charge in [0.15, 0.2) is 11.5 Å². The summed E-state index contributed by atoms with van der Waals surface area (Å²) in [7, 11) is -4.08. The standard InChI is InChI=1S/C24H18F2N4O7S.ClH/c1-24(23(33)34,37-22(32)12-6-4-3-5-7-12)13-10-15-18(28-29-21(15)27-11-13)20(31)14-8-9-16(25)19(17(14)26)30-38(2,35)36;/h3-11,30H,1-2H3,(H,33,34)(H,27,28,29);1H. The maximum absolute atomic E-state index is 15.0. The van der Waals surface area contributed by atoms with Crippen LogP contribution in [0.2, 0.25) is 0 Å². The highest BCUT2D eigenvalue weighted by molar-refractivity contribution is 7.92. The number of benzene rings is 2. The van der Waals surface area contributed by atoms with Crippen molar-refractivity contribution < 1.29 is 41.4 Å². The van der Waals surface area contributed by atoms with Crippen molar-refractivity contribution in [1.29, 1.82) is 0 Å². The second-order valence-electron chi connectivity index (χ2n) is 8.27. The van der Waals surface area contributed by atoms with E-state index in [1.807, 2.05) is 0 Å². The topological polar surface area (TPSA) is 168 Å². The first-order valence-electron chi connectivity index (χ1n) is 10.7. The van der Waals surface area contributed by atoms with E-state index in [9.17, 15) is 32.3 Å². The number of aromatic nitrogens is 3. The minimum absolute atomic E-state index is 0. The lowest BCUT2D eigenvalue weighted by Crippen LogP contribution is -2.37. The van der Waals surface area contributed by atoms with E-state index in [0.717, 1.165) is 19.2 Å². The van der Waals surface area contributed by atoms with Crippen molar-refractivity contribution in [3.8, 4) is 0 Å². The Morgan fingerprint density at radius 3 is 2.38 bits per heavy atom. The number of rotatable bonds is 8. The number of H-pyrrole nitrogens is 1. The summed E-state index contributed by atoms with van der Waals surface area (Å²) >= 11 is 0. The zero-order valence-corrected chi connectivity index (χ0v) is 21.7. The zero-order valence-electron chi connectivity index (χ0n) is 20.1. The molecule has 0 aliphatic carbocycles. The van der Waals surface area contributed by atoms with Crippen molar-refractivity contribution in [3.05, 3.63) is 88.7 Å². The lowest BCUT2D eigenvalue weighted by Gasteiger charge is -2.25. The van der Waals surface area contributed by atoms with Crippen molar-refractivity contribution in [1.82, 2.24) is 15.2 Å². The van der Waals surface area contributed by atoms with E-state index in [2.05, 4.69) is 15.2 Å². The van der Waals surface area contributed by atoms with Crippen LogP contribution >= 0.6 is 12.4 Å². The first-order chi connectivity index (χ1) is 17.8. The largest absolute Gasteiger partial charge is 0.478 e. The average Bonchev–Trinajstić information content (AvgIpc) is 3.29. The Bertz CT molecular complexity index is 1710. The fraction of sp³-hybridized carbons (Fsp3) is 0.125. The molecule has 3 N–H and O–H groups in total. The number of sulfonamides is 1. The molecule has 15 heteroatoms. The number of ketones is 1. The fourth-order valence-electron chi connectivity index (χ4n) is 3.52. The molecule has 0 spiro atoms. The van der Waals surface area contributed by atoms with Crippen LogP contribution in [-0.2, 0) is 25.2 Å². The molecule has 2 heterocycles. The highest BCUT2D eigenvalue weighted by Crippen LogP contribution is 2.31. The predicted molar refractivity (Wildman–Crippen MR) is 136 cm³/mol. The summed E-state index contributed by atoms with van der Waals surface area (Å²) in [5.41, 5.74) is -4.48. The summed E-state index contributed by atoms with van der Waals surface area (Å²) in [4.78, 5) is 42.0. The molecule has 4 rings (SSSR count). The number of nitrogens with zero attached hydrogens (tertiary/aromatic N) is 2. The van der Waals surface area contributed by atoms with Crippen LogP contribution in [-0.4, -0.2) is 52.7 Å². The molecule has 1 unspecified atom stereocenters. The van der Waals surface area contributed by atoms with Gasteiger partial charge >= 0.3 is 11.9 Å². The molecule has 2 aromatic heterocycles. The highest BCUT2D eigenvalue weighted by Gasteiger charge is 2.41. The summed E-state index contributed by atoms with van der Waals surface area (Å²) in [5, 5.41) is 16.1. The zero-order chi connectivity index (χ0) is 27.8. The van der Waals surface area contributed by atoms with Crippen LogP contribution in [0.5, 0.6) is 0 Å². The van der Waals surface area contributed by atoms with Crippen LogP contribution < -0.4 is 4.72 Å². The van der Waals surface area contributed by atoms with Gasteiger partial charge in [0.1, 0.15) is 17.2 Å². The SMILES string of the molecule is CC(OC(=O)c1ccccc1)(C(=O)O)c1cnc2[nH]nc(C(=O)c3ccc(F)c(NS(C)(=O)=O)c3F)c2c1.Cl.